The van der Waals surface area contributed by atoms with Gasteiger partial charge in [-0.05, 0) is 33.9 Å². The van der Waals surface area contributed by atoms with Gasteiger partial charge in [0.1, 0.15) is 6.61 Å². The van der Waals surface area contributed by atoms with E-state index < -0.39 is 5.60 Å². The Morgan fingerprint density at radius 1 is 0.786 bits per heavy atom. The molecule has 1 heterocycles. The second-order valence-corrected chi connectivity index (χ2v) is 9.87. The van der Waals surface area contributed by atoms with Crippen LogP contribution in [-0.2, 0) is 24.8 Å². The molecule has 0 bridgehead atoms. The van der Waals surface area contributed by atoms with E-state index in [-0.39, 0.29) is 5.91 Å². The summed E-state index contributed by atoms with van der Waals surface area (Å²) >= 11 is 0. The lowest BCUT2D eigenvalue weighted by molar-refractivity contribution is -0.138. The fourth-order valence-corrected chi connectivity index (χ4v) is 4.87. The molecule has 1 N–H and O–H groups in total. The van der Waals surface area contributed by atoms with Gasteiger partial charge in [0.2, 0.25) is 0 Å². The van der Waals surface area contributed by atoms with E-state index in [9.17, 15) is 4.79 Å². The summed E-state index contributed by atoms with van der Waals surface area (Å²) in [6.07, 6.45) is 4.89. The smallest absolute Gasteiger partial charge is 0.267 e. The van der Waals surface area contributed by atoms with Crippen molar-refractivity contribution in [2.24, 2.45) is 5.16 Å². The molecule has 214 valence electrons. The summed E-state index contributed by atoms with van der Waals surface area (Å²) in [6, 6.07) is 37.4. The van der Waals surface area contributed by atoms with Gasteiger partial charge in [-0.25, -0.2) is 5.48 Å². The SMILES string of the molecule is O=C(/C=C/c1ccc(C=NOCCN2CCOCC2)cc1)NOC(c1ccccc1)(c1ccccc1)c1ccccc1. The van der Waals surface area contributed by atoms with E-state index in [4.69, 9.17) is 14.4 Å². The molecule has 1 saturated heterocycles. The molecule has 7 nitrogen and oxygen atoms in total. The normalized spacial score (nSPS) is 14.3. The van der Waals surface area contributed by atoms with Crippen molar-refractivity contribution in [3.63, 3.8) is 0 Å². The van der Waals surface area contributed by atoms with Gasteiger partial charge < -0.3 is 9.57 Å². The van der Waals surface area contributed by atoms with E-state index in [0.717, 1.165) is 60.7 Å². The third-order valence-corrected chi connectivity index (χ3v) is 7.09. The molecule has 42 heavy (non-hydrogen) atoms. The van der Waals surface area contributed by atoms with Crippen molar-refractivity contribution in [1.29, 1.82) is 0 Å². The Morgan fingerprint density at radius 3 is 1.86 bits per heavy atom. The van der Waals surface area contributed by atoms with Crippen molar-refractivity contribution in [3.05, 3.63) is 149 Å². The van der Waals surface area contributed by atoms with Crippen molar-refractivity contribution in [2.45, 2.75) is 5.60 Å². The zero-order valence-electron chi connectivity index (χ0n) is 23.5. The van der Waals surface area contributed by atoms with Gasteiger partial charge in [0.25, 0.3) is 5.91 Å². The molecule has 1 aliphatic rings. The molecule has 4 aromatic carbocycles. The van der Waals surface area contributed by atoms with Crippen LogP contribution in [-0.4, -0.2) is 56.5 Å². The van der Waals surface area contributed by atoms with Crippen molar-refractivity contribution < 1.29 is 19.2 Å². The van der Waals surface area contributed by atoms with Gasteiger partial charge >= 0.3 is 0 Å². The number of carbonyl (C=O) groups is 1. The summed E-state index contributed by atoms with van der Waals surface area (Å²) in [4.78, 5) is 27.0. The number of benzene rings is 4. The summed E-state index contributed by atoms with van der Waals surface area (Å²) in [7, 11) is 0. The average molecular weight is 562 g/mol. The largest absolute Gasteiger partial charge is 0.394 e. The van der Waals surface area contributed by atoms with Crippen molar-refractivity contribution in [1.82, 2.24) is 10.4 Å². The van der Waals surface area contributed by atoms with Gasteiger partial charge in [0, 0.05) is 25.7 Å². The number of morpholine rings is 1. The number of oxime groups is 1. The minimum absolute atomic E-state index is 0.374. The molecule has 0 radical (unpaired) electrons. The number of ether oxygens (including phenoxy) is 1. The minimum atomic E-state index is -1.04. The monoisotopic (exact) mass is 561 g/mol. The van der Waals surface area contributed by atoms with E-state index in [1.54, 1.807) is 12.3 Å². The molecule has 0 aromatic heterocycles. The second kappa shape index (κ2) is 14.9. The Kier molecular flexibility index (Phi) is 10.3. The third kappa shape index (κ3) is 7.59. The Bertz CT molecular complexity index is 1340. The summed E-state index contributed by atoms with van der Waals surface area (Å²) in [6.45, 7) is 4.78. The van der Waals surface area contributed by atoms with Crippen LogP contribution in [0.5, 0.6) is 0 Å². The molecule has 4 aromatic rings. The van der Waals surface area contributed by atoms with E-state index in [1.807, 2.05) is 115 Å². The minimum Gasteiger partial charge on any atom is -0.394 e. The standard InChI is InChI=1S/C35H35N3O4/c39-34(21-20-29-16-18-30(19-17-29)28-36-41-27-24-38-22-25-40-26-23-38)37-42-35(31-10-4-1-5-11-31,32-12-6-2-7-13-32)33-14-8-3-9-15-33/h1-21,28H,22-27H2,(H,37,39)/b21-20+,36-28?. The van der Waals surface area contributed by atoms with Crippen molar-refractivity contribution in [3.8, 4) is 0 Å². The first-order valence-electron chi connectivity index (χ1n) is 14.1. The van der Waals surface area contributed by atoms with Crippen LogP contribution in [0.4, 0.5) is 0 Å². The quantitative estimate of drug-likeness (QED) is 0.0822. The molecule has 5 rings (SSSR count). The number of hydroxylamine groups is 1. The molecule has 7 heteroatoms. The number of amides is 1. The van der Waals surface area contributed by atoms with Crippen LogP contribution < -0.4 is 5.48 Å². The summed E-state index contributed by atoms with van der Waals surface area (Å²) in [5, 5.41) is 4.07. The predicted octanol–water partition coefficient (Wildman–Crippen LogP) is 5.42. The second-order valence-electron chi connectivity index (χ2n) is 9.87. The Labute approximate surface area is 247 Å². The first kappa shape index (κ1) is 29.0. The maximum Gasteiger partial charge on any atom is 0.267 e. The van der Waals surface area contributed by atoms with E-state index in [0.29, 0.717) is 6.61 Å². The van der Waals surface area contributed by atoms with Crippen LogP contribution in [0.2, 0.25) is 0 Å². The molecule has 1 fully saturated rings. The van der Waals surface area contributed by atoms with Gasteiger partial charge in [-0.1, -0.05) is 120 Å². The molecule has 1 amide bonds. The fourth-order valence-electron chi connectivity index (χ4n) is 4.87. The van der Waals surface area contributed by atoms with Crippen LogP contribution in [0, 0.1) is 0 Å². The van der Waals surface area contributed by atoms with Gasteiger partial charge in [0.15, 0.2) is 5.60 Å². The molecule has 0 atom stereocenters. The highest BCUT2D eigenvalue weighted by molar-refractivity contribution is 5.91. The van der Waals surface area contributed by atoms with Gasteiger partial charge in [-0.3, -0.25) is 14.5 Å². The highest BCUT2D eigenvalue weighted by atomic mass is 16.7. The highest BCUT2D eigenvalue weighted by Crippen LogP contribution is 2.39. The van der Waals surface area contributed by atoms with Gasteiger partial charge in [-0.2, -0.15) is 0 Å². The van der Waals surface area contributed by atoms with Crippen LogP contribution in [0.15, 0.2) is 126 Å². The number of carbonyl (C=O) groups excluding carboxylic acids is 1. The summed E-state index contributed by atoms with van der Waals surface area (Å²) in [5.74, 6) is -0.374. The molecular formula is C35H35N3O4. The van der Waals surface area contributed by atoms with Gasteiger partial charge in [-0.15, -0.1) is 0 Å². The molecule has 0 aliphatic carbocycles. The number of nitrogens with one attached hydrogen (secondary N) is 1. The number of hydrogen-bond donors (Lipinski definition) is 1. The lowest BCUT2D eigenvalue weighted by Crippen LogP contribution is -2.40. The van der Waals surface area contributed by atoms with E-state index >= 15 is 0 Å². The van der Waals surface area contributed by atoms with Crippen LogP contribution >= 0.6 is 0 Å². The lowest BCUT2D eigenvalue weighted by atomic mass is 9.80. The van der Waals surface area contributed by atoms with E-state index in [2.05, 4.69) is 15.5 Å². The maximum atomic E-state index is 13.0. The Balaban J connectivity index is 1.22. The molecule has 0 saturated carbocycles. The summed E-state index contributed by atoms with van der Waals surface area (Å²) < 4.78 is 5.36. The van der Waals surface area contributed by atoms with Gasteiger partial charge in [0.05, 0.1) is 19.4 Å². The Morgan fingerprint density at radius 2 is 1.31 bits per heavy atom. The third-order valence-electron chi connectivity index (χ3n) is 7.09. The summed E-state index contributed by atoms with van der Waals surface area (Å²) in [5.41, 5.74) is 6.12. The molecule has 0 spiro atoms. The molecule has 0 unspecified atom stereocenters. The number of nitrogens with zero attached hydrogens (tertiary/aromatic N) is 2. The molecule has 1 aliphatic heterocycles. The first-order chi connectivity index (χ1) is 20.7. The maximum absolute atomic E-state index is 13.0. The Hall–Kier alpha value is -4.56. The lowest BCUT2D eigenvalue weighted by Gasteiger charge is -2.34. The molecular weight excluding hydrogens is 526 g/mol. The van der Waals surface area contributed by atoms with E-state index in [1.165, 1.54) is 6.08 Å². The van der Waals surface area contributed by atoms with Crippen molar-refractivity contribution >= 4 is 18.2 Å². The van der Waals surface area contributed by atoms with Crippen LogP contribution in [0.1, 0.15) is 27.8 Å². The highest BCUT2D eigenvalue weighted by Gasteiger charge is 2.38. The fraction of sp³-hybridized carbons (Fsp3) is 0.200. The number of hydrogen-bond acceptors (Lipinski definition) is 6. The van der Waals surface area contributed by atoms with Crippen LogP contribution in [0.25, 0.3) is 6.08 Å². The zero-order chi connectivity index (χ0) is 28.9. The number of rotatable bonds is 12. The predicted molar refractivity (Wildman–Crippen MR) is 165 cm³/mol. The first-order valence-corrected chi connectivity index (χ1v) is 14.1. The van der Waals surface area contributed by atoms with Crippen LogP contribution in [0.3, 0.4) is 0 Å². The topological polar surface area (TPSA) is 72.4 Å². The zero-order valence-corrected chi connectivity index (χ0v) is 23.5. The van der Waals surface area contributed by atoms with Crippen molar-refractivity contribution in [2.75, 3.05) is 39.5 Å². The average Bonchev–Trinajstić information content (AvgIpc) is 3.06.